The molecule has 1 aromatic heterocycles. The van der Waals surface area contributed by atoms with Crippen LogP contribution in [0.5, 0.6) is 0 Å². The molecule has 0 saturated carbocycles. The predicted molar refractivity (Wildman–Crippen MR) is 71.5 cm³/mol. The molecule has 2 aromatic rings. The molecule has 4 heteroatoms. The van der Waals surface area contributed by atoms with Gasteiger partial charge in [-0.3, -0.25) is 4.98 Å². The third kappa shape index (κ3) is 2.90. The van der Waals surface area contributed by atoms with Gasteiger partial charge in [0.25, 0.3) is 0 Å². The zero-order chi connectivity index (χ0) is 11.4. The van der Waals surface area contributed by atoms with Crippen LogP contribution in [-0.2, 0) is 6.54 Å². The van der Waals surface area contributed by atoms with Gasteiger partial charge in [-0.25, -0.2) is 0 Å². The molecule has 0 amide bonds. The van der Waals surface area contributed by atoms with E-state index in [0.717, 1.165) is 11.0 Å². The van der Waals surface area contributed by atoms with Crippen LogP contribution in [0.25, 0.3) is 0 Å². The first-order chi connectivity index (χ1) is 7.77. The molecule has 0 aliphatic heterocycles. The van der Waals surface area contributed by atoms with Crippen LogP contribution < -0.4 is 5.32 Å². The Hall–Kier alpha value is -0.710. The molecule has 0 spiro atoms. The van der Waals surface area contributed by atoms with Crippen LogP contribution in [0.4, 0.5) is 0 Å². The number of rotatable bonds is 4. The normalized spacial score (nSPS) is 12.6. The predicted octanol–water partition coefficient (Wildman–Crippen LogP) is 3.76. The lowest BCUT2D eigenvalue weighted by Gasteiger charge is -2.12. The fourth-order valence-corrected chi connectivity index (χ4v) is 2.52. The minimum atomic E-state index is 0.347. The van der Waals surface area contributed by atoms with Crippen LogP contribution in [0.1, 0.15) is 23.4 Å². The molecule has 16 heavy (non-hydrogen) atoms. The highest BCUT2D eigenvalue weighted by Gasteiger charge is 2.06. The molecule has 0 aliphatic carbocycles. The summed E-state index contributed by atoms with van der Waals surface area (Å²) in [5.41, 5.74) is 3.14. The topological polar surface area (TPSA) is 24.9 Å². The van der Waals surface area contributed by atoms with Crippen molar-refractivity contribution >= 4 is 27.3 Å². The van der Waals surface area contributed by atoms with Crippen molar-refractivity contribution in [3.05, 3.63) is 50.9 Å². The Kier molecular flexibility index (Phi) is 4.09. The first-order valence-electron chi connectivity index (χ1n) is 5.12. The van der Waals surface area contributed by atoms with Crippen LogP contribution in [0, 0.1) is 0 Å². The number of benzene rings is 1. The largest absolute Gasteiger partial charge is 0.305 e. The van der Waals surface area contributed by atoms with Crippen LogP contribution >= 0.6 is 27.3 Å². The summed E-state index contributed by atoms with van der Waals surface area (Å²) in [7, 11) is 0. The zero-order valence-electron chi connectivity index (χ0n) is 8.98. The highest BCUT2D eigenvalue weighted by Crippen LogP contribution is 2.19. The van der Waals surface area contributed by atoms with E-state index in [1.165, 1.54) is 10.4 Å². The zero-order valence-corrected chi connectivity index (χ0v) is 11.4. The van der Waals surface area contributed by atoms with Gasteiger partial charge >= 0.3 is 0 Å². The van der Waals surface area contributed by atoms with Crippen molar-refractivity contribution in [2.75, 3.05) is 0 Å². The van der Waals surface area contributed by atoms with E-state index in [4.69, 9.17) is 0 Å². The van der Waals surface area contributed by atoms with Crippen molar-refractivity contribution in [1.29, 1.82) is 0 Å². The van der Waals surface area contributed by atoms with E-state index in [1.807, 2.05) is 17.8 Å². The van der Waals surface area contributed by atoms with Gasteiger partial charge in [-0.15, -0.1) is 11.3 Å². The Morgan fingerprint density at radius 3 is 2.94 bits per heavy atom. The molecule has 2 rings (SSSR count). The van der Waals surface area contributed by atoms with Crippen molar-refractivity contribution in [3.63, 3.8) is 0 Å². The van der Waals surface area contributed by atoms with Gasteiger partial charge < -0.3 is 5.32 Å². The monoisotopic (exact) mass is 296 g/mol. The van der Waals surface area contributed by atoms with Crippen molar-refractivity contribution in [3.8, 4) is 0 Å². The van der Waals surface area contributed by atoms with E-state index in [2.05, 4.69) is 51.4 Å². The van der Waals surface area contributed by atoms with Crippen molar-refractivity contribution in [2.45, 2.75) is 19.5 Å². The van der Waals surface area contributed by atoms with Crippen LogP contribution in [0.15, 0.2) is 40.4 Å². The summed E-state index contributed by atoms with van der Waals surface area (Å²) >= 11 is 5.23. The Balaban J connectivity index is 1.95. The molecule has 0 radical (unpaired) electrons. The maximum Gasteiger partial charge on any atom is 0.0794 e. The smallest absolute Gasteiger partial charge is 0.0794 e. The van der Waals surface area contributed by atoms with Crippen LogP contribution in [-0.4, -0.2) is 4.98 Å². The first-order valence-corrected chi connectivity index (χ1v) is 6.80. The van der Waals surface area contributed by atoms with Crippen LogP contribution in [0.2, 0.25) is 0 Å². The van der Waals surface area contributed by atoms with Gasteiger partial charge in [-0.2, -0.15) is 0 Å². The highest BCUT2D eigenvalue weighted by molar-refractivity contribution is 9.10. The average Bonchev–Trinajstić information content (AvgIpc) is 2.81. The summed E-state index contributed by atoms with van der Waals surface area (Å²) in [6.45, 7) is 3.02. The quantitative estimate of drug-likeness (QED) is 0.929. The third-order valence-electron chi connectivity index (χ3n) is 2.43. The minimum Gasteiger partial charge on any atom is -0.305 e. The number of hydrogen-bond donors (Lipinski definition) is 1. The molecule has 1 aromatic carbocycles. The molecule has 1 atom stereocenters. The summed E-state index contributed by atoms with van der Waals surface area (Å²) in [6.07, 6.45) is 1.92. The third-order valence-corrected chi connectivity index (χ3v) is 4.17. The lowest BCUT2D eigenvalue weighted by atomic mass is 10.2. The first kappa shape index (κ1) is 11.8. The average molecular weight is 297 g/mol. The molecule has 2 nitrogen and oxygen atoms in total. The van der Waals surface area contributed by atoms with E-state index in [-0.39, 0.29) is 0 Å². The molecule has 0 fully saturated rings. The summed E-state index contributed by atoms with van der Waals surface area (Å²) in [6, 6.07) is 8.61. The summed E-state index contributed by atoms with van der Waals surface area (Å²) < 4.78 is 1.15. The Morgan fingerprint density at radius 2 is 2.25 bits per heavy atom. The van der Waals surface area contributed by atoms with Gasteiger partial charge in [0.15, 0.2) is 0 Å². The molecule has 0 bridgehead atoms. The lowest BCUT2D eigenvalue weighted by Crippen LogP contribution is -2.17. The lowest BCUT2D eigenvalue weighted by molar-refractivity contribution is 0.581. The van der Waals surface area contributed by atoms with Crippen molar-refractivity contribution in [2.24, 2.45) is 0 Å². The number of thiazole rings is 1. The van der Waals surface area contributed by atoms with Gasteiger partial charge in [0, 0.05) is 28.1 Å². The number of aromatic nitrogens is 1. The number of hydrogen-bond acceptors (Lipinski definition) is 3. The molecular formula is C12H13BrN2S. The molecule has 1 N–H and O–H groups in total. The standard InChI is InChI=1S/C12H13BrN2S/c1-9(12-7-14-8-16-12)15-6-10-4-2-3-5-11(10)13/h2-5,7-9,15H,6H2,1H3. The highest BCUT2D eigenvalue weighted by atomic mass is 79.9. The van der Waals surface area contributed by atoms with Gasteiger partial charge in [0.2, 0.25) is 0 Å². The van der Waals surface area contributed by atoms with Crippen molar-refractivity contribution < 1.29 is 0 Å². The van der Waals surface area contributed by atoms with Crippen molar-refractivity contribution in [1.82, 2.24) is 10.3 Å². The molecule has 1 unspecified atom stereocenters. The Morgan fingerprint density at radius 1 is 1.44 bits per heavy atom. The number of nitrogens with zero attached hydrogens (tertiary/aromatic N) is 1. The van der Waals surface area contributed by atoms with Gasteiger partial charge in [-0.1, -0.05) is 34.1 Å². The number of halogens is 1. The summed E-state index contributed by atoms with van der Waals surface area (Å²) in [4.78, 5) is 5.36. The maximum absolute atomic E-state index is 4.09. The second-order valence-corrected chi connectivity index (χ2v) is 5.37. The second kappa shape index (κ2) is 5.57. The molecule has 1 heterocycles. The van der Waals surface area contributed by atoms with Gasteiger partial charge in [-0.05, 0) is 18.6 Å². The molecule has 0 aliphatic rings. The summed E-state index contributed by atoms with van der Waals surface area (Å²) in [5.74, 6) is 0. The molecule has 84 valence electrons. The van der Waals surface area contributed by atoms with E-state index in [1.54, 1.807) is 11.3 Å². The Labute approximate surface area is 108 Å². The van der Waals surface area contributed by atoms with E-state index in [9.17, 15) is 0 Å². The minimum absolute atomic E-state index is 0.347. The second-order valence-electron chi connectivity index (χ2n) is 3.60. The van der Waals surface area contributed by atoms with E-state index < -0.39 is 0 Å². The fraction of sp³-hybridized carbons (Fsp3) is 0.250. The van der Waals surface area contributed by atoms with E-state index >= 15 is 0 Å². The molecule has 0 saturated heterocycles. The fourth-order valence-electron chi connectivity index (χ4n) is 1.44. The number of nitrogens with one attached hydrogen (secondary N) is 1. The summed E-state index contributed by atoms with van der Waals surface area (Å²) in [5, 5.41) is 3.48. The maximum atomic E-state index is 4.09. The van der Waals surface area contributed by atoms with Gasteiger partial charge in [0.05, 0.1) is 5.51 Å². The SMILES string of the molecule is CC(NCc1ccccc1Br)c1cncs1. The Bertz CT molecular complexity index is 442. The molecular weight excluding hydrogens is 284 g/mol. The van der Waals surface area contributed by atoms with Gasteiger partial charge in [0.1, 0.15) is 0 Å². The van der Waals surface area contributed by atoms with Crippen LogP contribution in [0.3, 0.4) is 0 Å². The van der Waals surface area contributed by atoms with E-state index in [0.29, 0.717) is 6.04 Å².